The van der Waals surface area contributed by atoms with Crippen LogP contribution in [0.1, 0.15) is 53.8 Å². The van der Waals surface area contributed by atoms with Gasteiger partial charge in [-0.3, -0.25) is 4.79 Å². The third kappa shape index (κ3) is 5.17. The van der Waals surface area contributed by atoms with Crippen molar-refractivity contribution in [1.82, 2.24) is 19.8 Å². The van der Waals surface area contributed by atoms with Crippen LogP contribution in [0.4, 0.5) is 5.82 Å². The number of carbonyl (C=O) groups excluding carboxylic acids is 1. The fourth-order valence-electron chi connectivity index (χ4n) is 7.13. The van der Waals surface area contributed by atoms with E-state index in [9.17, 15) is 10.1 Å². The maximum absolute atomic E-state index is 12.5. The maximum Gasteiger partial charge on any atom is 0.318 e. The Kier molecular flexibility index (Phi) is 7.34. The number of anilines is 1. The van der Waals surface area contributed by atoms with Gasteiger partial charge in [0.2, 0.25) is 5.91 Å². The molecule has 6 rings (SSSR count). The fourth-order valence-corrected chi connectivity index (χ4v) is 8.04. The van der Waals surface area contributed by atoms with Gasteiger partial charge >= 0.3 is 6.01 Å². The third-order valence-electron chi connectivity index (χ3n) is 9.43. The predicted molar refractivity (Wildman–Crippen MR) is 152 cm³/mol. The van der Waals surface area contributed by atoms with E-state index in [1.54, 1.807) is 9.78 Å². The van der Waals surface area contributed by atoms with Crippen LogP contribution in [-0.4, -0.2) is 77.6 Å². The van der Waals surface area contributed by atoms with E-state index in [-0.39, 0.29) is 23.8 Å². The Morgan fingerprint density at radius 2 is 2.13 bits per heavy atom. The van der Waals surface area contributed by atoms with Gasteiger partial charge in [-0.15, -0.1) is 11.3 Å². The molecule has 4 aliphatic rings. The second-order valence-corrected chi connectivity index (χ2v) is 12.8. The van der Waals surface area contributed by atoms with Crippen molar-refractivity contribution in [2.45, 2.75) is 69.9 Å². The van der Waals surface area contributed by atoms with Gasteiger partial charge in [0.15, 0.2) is 0 Å². The summed E-state index contributed by atoms with van der Waals surface area (Å²) in [4.78, 5) is 30.5. The molecule has 4 heterocycles. The number of ether oxygens (including phenoxy) is 1. The van der Waals surface area contributed by atoms with E-state index < -0.39 is 0 Å². The molecular formula is C30H38N6O2S. The number of likely N-dealkylation sites (N-methyl/N-ethyl adjacent to an activating group) is 1. The van der Waals surface area contributed by atoms with Crippen molar-refractivity contribution >= 4 is 23.1 Å². The molecule has 9 heteroatoms. The molecule has 2 aromatic heterocycles. The van der Waals surface area contributed by atoms with Crippen molar-refractivity contribution < 1.29 is 9.53 Å². The highest BCUT2D eigenvalue weighted by atomic mass is 32.1. The second kappa shape index (κ2) is 10.9. The van der Waals surface area contributed by atoms with Crippen LogP contribution in [0.5, 0.6) is 6.01 Å². The van der Waals surface area contributed by atoms with Gasteiger partial charge in [0, 0.05) is 36.1 Å². The Bertz CT molecular complexity index is 1290. The number of aryl methyl sites for hydroxylation is 1. The highest BCUT2D eigenvalue weighted by molar-refractivity contribution is 7.10. The average Bonchev–Trinajstić information content (AvgIpc) is 3.58. The standard InChI is InChI=1S/C30H38N6O2S/c1-3-27(37)36-15-14-35(19-22(36)8-12-31)28-24-6-10-30(11-7-26-21(17-30)9-16-39-26)18-25(24)32-29(33-28)38-20-23-5-4-13-34(23)2/h3,9,16,22-23H,1,4-8,10-11,13-15,17-20H2,2H3. The van der Waals surface area contributed by atoms with Gasteiger partial charge in [-0.2, -0.15) is 15.2 Å². The van der Waals surface area contributed by atoms with Crippen LogP contribution in [0, 0.1) is 16.7 Å². The summed E-state index contributed by atoms with van der Waals surface area (Å²) in [6, 6.07) is 5.26. The highest BCUT2D eigenvalue weighted by Gasteiger charge is 2.41. The van der Waals surface area contributed by atoms with Crippen molar-refractivity contribution in [2.75, 3.05) is 44.7 Å². The fraction of sp³-hybridized carbons (Fsp3) is 0.600. The number of likely N-dealkylation sites (tertiary alicyclic amines) is 1. The number of nitriles is 1. The number of piperazine rings is 1. The lowest BCUT2D eigenvalue weighted by Gasteiger charge is -2.44. The topological polar surface area (TPSA) is 85.6 Å². The zero-order valence-electron chi connectivity index (χ0n) is 22.9. The molecule has 2 aliphatic heterocycles. The van der Waals surface area contributed by atoms with E-state index in [0.29, 0.717) is 38.3 Å². The average molecular weight is 547 g/mol. The van der Waals surface area contributed by atoms with Gasteiger partial charge in [-0.1, -0.05) is 6.58 Å². The van der Waals surface area contributed by atoms with Gasteiger partial charge in [-0.25, -0.2) is 0 Å². The minimum absolute atomic E-state index is 0.114. The SMILES string of the molecule is C=CC(=O)N1CCN(c2nc(OCC3CCCN3C)nc3c2CCC2(CCc4sccc4C2)C3)CC1CC#N. The van der Waals surface area contributed by atoms with Crippen molar-refractivity contribution in [3.05, 3.63) is 45.8 Å². The molecule has 1 spiro atoms. The first-order chi connectivity index (χ1) is 19.0. The van der Waals surface area contributed by atoms with E-state index >= 15 is 0 Å². The molecule has 2 fully saturated rings. The number of fused-ring (bicyclic) bond motifs is 2. The van der Waals surface area contributed by atoms with Crippen LogP contribution in [0.2, 0.25) is 0 Å². The van der Waals surface area contributed by atoms with E-state index in [2.05, 4.69) is 40.9 Å². The molecule has 0 N–H and O–H groups in total. The highest BCUT2D eigenvalue weighted by Crippen LogP contribution is 2.47. The lowest BCUT2D eigenvalue weighted by molar-refractivity contribution is -0.128. The molecule has 39 heavy (non-hydrogen) atoms. The first kappa shape index (κ1) is 26.3. The van der Waals surface area contributed by atoms with E-state index in [1.165, 1.54) is 30.0 Å². The molecule has 1 amide bonds. The minimum atomic E-state index is -0.193. The van der Waals surface area contributed by atoms with E-state index in [4.69, 9.17) is 14.7 Å². The largest absolute Gasteiger partial charge is 0.462 e. The minimum Gasteiger partial charge on any atom is -0.462 e. The molecule has 0 saturated carbocycles. The Morgan fingerprint density at radius 3 is 2.92 bits per heavy atom. The lowest BCUT2D eigenvalue weighted by Crippen LogP contribution is -2.55. The zero-order chi connectivity index (χ0) is 27.0. The third-order valence-corrected chi connectivity index (χ3v) is 10.4. The van der Waals surface area contributed by atoms with Crippen LogP contribution in [-0.2, 0) is 30.5 Å². The lowest BCUT2D eigenvalue weighted by atomic mass is 9.65. The summed E-state index contributed by atoms with van der Waals surface area (Å²) in [6.07, 6.45) is 10.5. The Labute approximate surface area is 235 Å². The normalized spacial score (nSPS) is 26.7. The monoisotopic (exact) mass is 546 g/mol. The van der Waals surface area contributed by atoms with Gasteiger partial charge < -0.3 is 19.4 Å². The molecule has 8 nitrogen and oxygen atoms in total. The van der Waals surface area contributed by atoms with Gasteiger partial charge in [0.05, 0.1) is 24.2 Å². The summed E-state index contributed by atoms with van der Waals surface area (Å²) >= 11 is 1.90. The number of hydrogen-bond donors (Lipinski definition) is 0. The van der Waals surface area contributed by atoms with Gasteiger partial charge in [0.1, 0.15) is 12.4 Å². The van der Waals surface area contributed by atoms with Crippen molar-refractivity contribution in [2.24, 2.45) is 5.41 Å². The molecule has 0 aromatic carbocycles. The van der Waals surface area contributed by atoms with Crippen molar-refractivity contribution in [3.8, 4) is 12.1 Å². The van der Waals surface area contributed by atoms with Gasteiger partial charge in [0.25, 0.3) is 0 Å². The summed E-state index contributed by atoms with van der Waals surface area (Å²) < 4.78 is 6.31. The Balaban J connectivity index is 1.30. The van der Waals surface area contributed by atoms with Crippen LogP contribution in [0.15, 0.2) is 24.1 Å². The Morgan fingerprint density at radius 1 is 1.26 bits per heavy atom. The number of nitrogens with zero attached hydrogens (tertiary/aromatic N) is 6. The molecule has 0 radical (unpaired) electrons. The van der Waals surface area contributed by atoms with Crippen molar-refractivity contribution in [1.29, 1.82) is 5.26 Å². The van der Waals surface area contributed by atoms with Crippen LogP contribution in [0.3, 0.4) is 0 Å². The summed E-state index contributed by atoms with van der Waals surface area (Å²) in [7, 11) is 2.16. The first-order valence-corrected chi connectivity index (χ1v) is 15.2. The quantitative estimate of drug-likeness (QED) is 0.510. The van der Waals surface area contributed by atoms with E-state index in [1.807, 2.05) is 11.3 Å². The number of aromatic nitrogens is 2. The summed E-state index contributed by atoms with van der Waals surface area (Å²) in [6.45, 7) is 7.14. The van der Waals surface area contributed by atoms with Crippen LogP contribution < -0.4 is 9.64 Å². The molecule has 2 aromatic rings. The summed E-state index contributed by atoms with van der Waals surface area (Å²) in [5.74, 6) is 0.821. The number of amides is 1. The summed E-state index contributed by atoms with van der Waals surface area (Å²) in [5, 5.41) is 11.7. The predicted octanol–water partition coefficient (Wildman–Crippen LogP) is 3.79. The number of hydrogen-bond acceptors (Lipinski definition) is 8. The molecule has 3 unspecified atom stereocenters. The number of carbonyl (C=O) groups is 1. The number of rotatable bonds is 6. The molecule has 3 atom stereocenters. The molecule has 2 aliphatic carbocycles. The Hall–Kier alpha value is -2.96. The molecule has 206 valence electrons. The van der Waals surface area contributed by atoms with Crippen LogP contribution >= 0.6 is 11.3 Å². The van der Waals surface area contributed by atoms with Gasteiger partial charge in [-0.05, 0) is 93.5 Å². The maximum atomic E-state index is 12.5. The summed E-state index contributed by atoms with van der Waals surface area (Å²) in [5.41, 5.74) is 4.11. The first-order valence-electron chi connectivity index (χ1n) is 14.3. The molecule has 2 saturated heterocycles. The molecular weight excluding hydrogens is 508 g/mol. The zero-order valence-corrected chi connectivity index (χ0v) is 23.7. The second-order valence-electron chi connectivity index (χ2n) is 11.8. The molecule has 0 bridgehead atoms. The van der Waals surface area contributed by atoms with Crippen molar-refractivity contribution in [3.63, 3.8) is 0 Å². The van der Waals surface area contributed by atoms with Crippen LogP contribution in [0.25, 0.3) is 0 Å². The smallest absolute Gasteiger partial charge is 0.318 e. The van der Waals surface area contributed by atoms with E-state index in [0.717, 1.165) is 56.6 Å². The number of thiophene rings is 1.